The van der Waals surface area contributed by atoms with Crippen molar-refractivity contribution in [3.8, 4) is 0 Å². The van der Waals surface area contributed by atoms with Crippen molar-refractivity contribution in [1.29, 1.82) is 0 Å². The van der Waals surface area contributed by atoms with Gasteiger partial charge in [0.05, 0.1) is 6.61 Å². The Morgan fingerprint density at radius 3 is 2.69 bits per heavy atom. The molecule has 1 fully saturated rings. The molecule has 1 saturated heterocycles. The highest BCUT2D eigenvalue weighted by Gasteiger charge is 2.31. The summed E-state index contributed by atoms with van der Waals surface area (Å²) >= 11 is 0. The van der Waals surface area contributed by atoms with Crippen LogP contribution in [0.5, 0.6) is 0 Å². The zero-order chi connectivity index (χ0) is 9.73. The standard InChI is InChI=1S/C11H23NO/c1-4-6-11(12-10(2)3)7-5-8-13-9-11/h10,12H,4-9H2,1-3H3/t11-/m0/s1. The first-order chi connectivity index (χ1) is 6.18. The van der Waals surface area contributed by atoms with Crippen molar-refractivity contribution in [2.24, 2.45) is 0 Å². The van der Waals surface area contributed by atoms with Crippen molar-refractivity contribution in [3.63, 3.8) is 0 Å². The summed E-state index contributed by atoms with van der Waals surface area (Å²) in [6, 6.07) is 0.563. The summed E-state index contributed by atoms with van der Waals surface area (Å²) in [6.07, 6.45) is 4.97. The molecule has 0 saturated carbocycles. The molecule has 1 aliphatic heterocycles. The molecular formula is C11H23NO. The van der Waals surface area contributed by atoms with Gasteiger partial charge in [-0.05, 0) is 19.3 Å². The fraction of sp³-hybridized carbons (Fsp3) is 1.00. The minimum atomic E-state index is 0.279. The Morgan fingerprint density at radius 2 is 2.23 bits per heavy atom. The van der Waals surface area contributed by atoms with Gasteiger partial charge in [0.2, 0.25) is 0 Å². The molecule has 0 bridgehead atoms. The number of hydrogen-bond donors (Lipinski definition) is 1. The predicted molar refractivity (Wildman–Crippen MR) is 56.0 cm³/mol. The minimum absolute atomic E-state index is 0.279. The third-order valence-corrected chi connectivity index (χ3v) is 2.65. The lowest BCUT2D eigenvalue weighted by atomic mass is 9.87. The van der Waals surface area contributed by atoms with Gasteiger partial charge in [-0.2, -0.15) is 0 Å². The zero-order valence-corrected chi connectivity index (χ0v) is 9.23. The molecule has 1 atom stereocenters. The van der Waals surface area contributed by atoms with Crippen molar-refractivity contribution < 1.29 is 4.74 Å². The van der Waals surface area contributed by atoms with Crippen LogP contribution < -0.4 is 5.32 Å². The van der Waals surface area contributed by atoms with Crippen LogP contribution in [0.3, 0.4) is 0 Å². The molecule has 1 N–H and O–H groups in total. The molecule has 0 aromatic heterocycles. The minimum Gasteiger partial charge on any atom is -0.380 e. The van der Waals surface area contributed by atoms with E-state index in [0.29, 0.717) is 6.04 Å². The van der Waals surface area contributed by atoms with Gasteiger partial charge in [0, 0.05) is 18.2 Å². The fourth-order valence-electron chi connectivity index (χ4n) is 2.33. The summed E-state index contributed by atoms with van der Waals surface area (Å²) < 4.78 is 5.58. The van der Waals surface area contributed by atoms with Crippen LogP contribution in [0.25, 0.3) is 0 Å². The Balaban J connectivity index is 2.50. The predicted octanol–water partition coefficient (Wildman–Crippen LogP) is 2.33. The highest BCUT2D eigenvalue weighted by atomic mass is 16.5. The maximum absolute atomic E-state index is 5.58. The molecule has 0 unspecified atom stereocenters. The lowest BCUT2D eigenvalue weighted by Crippen LogP contribution is -2.53. The van der Waals surface area contributed by atoms with Gasteiger partial charge in [0.25, 0.3) is 0 Å². The molecule has 0 aromatic rings. The average Bonchev–Trinajstić information content (AvgIpc) is 2.04. The normalized spacial score (nSPS) is 29.5. The fourth-order valence-corrected chi connectivity index (χ4v) is 2.33. The van der Waals surface area contributed by atoms with Gasteiger partial charge in [0.15, 0.2) is 0 Å². The molecule has 0 aliphatic carbocycles. The van der Waals surface area contributed by atoms with Gasteiger partial charge < -0.3 is 10.1 Å². The summed E-state index contributed by atoms with van der Waals surface area (Å²) in [5.41, 5.74) is 0.279. The molecule has 0 amide bonds. The Labute approximate surface area is 82.0 Å². The molecule has 0 spiro atoms. The van der Waals surface area contributed by atoms with Crippen LogP contribution in [-0.4, -0.2) is 24.8 Å². The molecule has 1 aliphatic rings. The second kappa shape index (κ2) is 4.97. The average molecular weight is 185 g/mol. The Morgan fingerprint density at radius 1 is 1.46 bits per heavy atom. The topological polar surface area (TPSA) is 21.3 Å². The molecule has 0 radical (unpaired) electrons. The second-order valence-corrected chi connectivity index (χ2v) is 4.49. The molecule has 1 rings (SSSR count). The number of hydrogen-bond acceptors (Lipinski definition) is 2. The summed E-state index contributed by atoms with van der Waals surface area (Å²) in [6.45, 7) is 8.53. The Kier molecular flexibility index (Phi) is 4.20. The number of ether oxygens (including phenoxy) is 1. The van der Waals surface area contributed by atoms with Gasteiger partial charge in [0.1, 0.15) is 0 Å². The highest BCUT2D eigenvalue weighted by Crippen LogP contribution is 2.24. The van der Waals surface area contributed by atoms with Gasteiger partial charge >= 0.3 is 0 Å². The maximum atomic E-state index is 5.58. The SMILES string of the molecule is CCC[C@]1(NC(C)C)CCCOC1. The van der Waals surface area contributed by atoms with Crippen LogP contribution in [0.4, 0.5) is 0 Å². The molecule has 2 heteroatoms. The van der Waals surface area contributed by atoms with Crippen LogP contribution in [0.15, 0.2) is 0 Å². The van der Waals surface area contributed by atoms with E-state index < -0.39 is 0 Å². The van der Waals surface area contributed by atoms with Gasteiger partial charge in [-0.3, -0.25) is 0 Å². The van der Waals surface area contributed by atoms with E-state index in [4.69, 9.17) is 4.74 Å². The third-order valence-electron chi connectivity index (χ3n) is 2.65. The van der Waals surface area contributed by atoms with Crippen LogP contribution in [-0.2, 0) is 4.74 Å². The molecule has 2 nitrogen and oxygen atoms in total. The monoisotopic (exact) mass is 185 g/mol. The van der Waals surface area contributed by atoms with Crippen LogP contribution in [0.2, 0.25) is 0 Å². The van der Waals surface area contributed by atoms with Crippen LogP contribution >= 0.6 is 0 Å². The Hall–Kier alpha value is -0.0800. The van der Waals surface area contributed by atoms with Crippen LogP contribution in [0, 0.1) is 0 Å². The number of nitrogens with one attached hydrogen (secondary N) is 1. The quantitative estimate of drug-likeness (QED) is 0.726. The lowest BCUT2D eigenvalue weighted by Gasteiger charge is -2.39. The Bertz CT molecular complexity index is 134. The van der Waals surface area contributed by atoms with E-state index in [1.165, 1.54) is 25.7 Å². The molecular weight excluding hydrogens is 162 g/mol. The van der Waals surface area contributed by atoms with E-state index in [0.717, 1.165) is 13.2 Å². The van der Waals surface area contributed by atoms with E-state index in [2.05, 4.69) is 26.1 Å². The lowest BCUT2D eigenvalue weighted by molar-refractivity contribution is 0.0119. The van der Waals surface area contributed by atoms with Gasteiger partial charge in [-0.25, -0.2) is 0 Å². The van der Waals surface area contributed by atoms with Crippen molar-refractivity contribution in [3.05, 3.63) is 0 Å². The molecule has 0 aromatic carbocycles. The zero-order valence-electron chi connectivity index (χ0n) is 9.23. The van der Waals surface area contributed by atoms with E-state index in [9.17, 15) is 0 Å². The second-order valence-electron chi connectivity index (χ2n) is 4.49. The first kappa shape index (κ1) is 11.0. The van der Waals surface area contributed by atoms with E-state index in [1.807, 2.05) is 0 Å². The molecule has 78 valence electrons. The van der Waals surface area contributed by atoms with E-state index in [1.54, 1.807) is 0 Å². The van der Waals surface area contributed by atoms with Crippen molar-refractivity contribution in [1.82, 2.24) is 5.32 Å². The summed E-state index contributed by atoms with van der Waals surface area (Å²) in [5.74, 6) is 0. The van der Waals surface area contributed by atoms with Gasteiger partial charge in [-0.15, -0.1) is 0 Å². The van der Waals surface area contributed by atoms with Gasteiger partial charge in [-0.1, -0.05) is 27.2 Å². The molecule has 13 heavy (non-hydrogen) atoms. The highest BCUT2D eigenvalue weighted by molar-refractivity contribution is 4.90. The molecule has 1 heterocycles. The largest absolute Gasteiger partial charge is 0.380 e. The van der Waals surface area contributed by atoms with Crippen molar-refractivity contribution >= 4 is 0 Å². The van der Waals surface area contributed by atoms with Crippen LogP contribution in [0.1, 0.15) is 46.5 Å². The summed E-state index contributed by atoms with van der Waals surface area (Å²) in [4.78, 5) is 0. The third kappa shape index (κ3) is 3.28. The van der Waals surface area contributed by atoms with Crippen molar-refractivity contribution in [2.45, 2.75) is 58.0 Å². The first-order valence-electron chi connectivity index (χ1n) is 5.54. The summed E-state index contributed by atoms with van der Waals surface area (Å²) in [7, 11) is 0. The maximum Gasteiger partial charge on any atom is 0.0648 e. The van der Waals surface area contributed by atoms with E-state index >= 15 is 0 Å². The van der Waals surface area contributed by atoms with Crippen molar-refractivity contribution in [2.75, 3.05) is 13.2 Å². The summed E-state index contributed by atoms with van der Waals surface area (Å²) in [5, 5.41) is 3.67. The van der Waals surface area contributed by atoms with E-state index in [-0.39, 0.29) is 5.54 Å². The number of rotatable bonds is 4. The first-order valence-corrected chi connectivity index (χ1v) is 5.54. The smallest absolute Gasteiger partial charge is 0.0648 e.